The molecule has 0 saturated carbocycles. The van der Waals surface area contributed by atoms with E-state index in [2.05, 4.69) is 0 Å². The van der Waals surface area contributed by atoms with E-state index < -0.39 is 6.04 Å². The largest absolute Gasteiger partial charge is 0.467 e. The lowest BCUT2D eigenvalue weighted by Crippen LogP contribution is -2.48. The van der Waals surface area contributed by atoms with Crippen LogP contribution in [0.4, 0.5) is 4.39 Å². The van der Waals surface area contributed by atoms with Gasteiger partial charge in [-0.3, -0.25) is 4.79 Å². The number of hydrogen-bond acceptors (Lipinski definition) is 3. The number of piperidine rings is 1. The van der Waals surface area contributed by atoms with Crippen molar-refractivity contribution in [1.29, 1.82) is 0 Å². The summed E-state index contributed by atoms with van der Waals surface area (Å²) < 4.78 is 17.6. The minimum atomic E-state index is -0.454. The monoisotopic (exact) mass is 293 g/mol. The smallest absolute Gasteiger partial charge is 0.328 e. The van der Waals surface area contributed by atoms with Crippen molar-refractivity contribution in [2.75, 3.05) is 13.7 Å². The molecule has 0 spiro atoms. The first kappa shape index (κ1) is 15.5. The van der Waals surface area contributed by atoms with Gasteiger partial charge in [-0.15, -0.1) is 0 Å². The second kappa shape index (κ2) is 7.20. The van der Waals surface area contributed by atoms with Crippen LogP contribution in [0.5, 0.6) is 0 Å². The standard InChI is InChI=1S/C16H20FNO3/c1-21-16(20)14-4-2-3-11-18(14)15(19)10-7-12-5-8-13(17)9-6-12/h5-6,8-9,14H,2-4,7,10-11H2,1H3. The van der Waals surface area contributed by atoms with Crippen molar-refractivity contribution in [1.82, 2.24) is 4.90 Å². The predicted octanol–water partition coefficient (Wildman–Crippen LogP) is 2.31. The Morgan fingerprint density at radius 3 is 2.67 bits per heavy atom. The molecule has 5 heteroatoms. The number of nitrogens with zero attached hydrogens (tertiary/aromatic N) is 1. The van der Waals surface area contributed by atoms with E-state index in [0.717, 1.165) is 18.4 Å². The third-order valence-corrected chi connectivity index (χ3v) is 3.84. The quantitative estimate of drug-likeness (QED) is 0.800. The van der Waals surface area contributed by atoms with E-state index in [9.17, 15) is 14.0 Å². The average Bonchev–Trinajstić information content (AvgIpc) is 2.53. The predicted molar refractivity (Wildman–Crippen MR) is 76.1 cm³/mol. The fourth-order valence-corrected chi connectivity index (χ4v) is 2.66. The van der Waals surface area contributed by atoms with Gasteiger partial charge in [0.25, 0.3) is 0 Å². The summed E-state index contributed by atoms with van der Waals surface area (Å²) in [6, 6.07) is 5.67. The van der Waals surface area contributed by atoms with Crippen LogP contribution in [0.15, 0.2) is 24.3 Å². The summed E-state index contributed by atoms with van der Waals surface area (Å²) in [5.74, 6) is -0.675. The molecule has 1 aromatic rings. The molecule has 1 aromatic carbocycles. The second-order valence-corrected chi connectivity index (χ2v) is 5.25. The summed E-state index contributed by atoms with van der Waals surface area (Å²) >= 11 is 0. The molecule has 21 heavy (non-hydrogen) atoms. The minimum absolute atomic E-state index is 0.0468. The zero-order valence-corrected chi connectivity index (χ0v) is 12.2. The van der Waals surface area contributed by atoms with Gasteiger partial charge in [0.1, 0.15) is 11.9 Å². The SMILES string of the molecule is COC(=O)C1CCCCN1C(=O)CCc1ccc(F)cc1. The van der Waals surface area contributed by atoms with Crippen LogP contribution in [0.2, 0.25) is 0 Å². The van der Waals surface area contributed by atoms with Crippen LogP contribution in [0.1, 0.15) is 31.2 Å². The number of benzene rings is 1. The number of esters is 1. The molecule has 0 aliphatic carbocycles. The Hall–Kier alpha value is -1.91. The first-order valence-electron chi connectivity index (χ1n) is 7.23. The highest BCUT2D eigenvalue weighted by atomic mass is 19.1. The van der Waals surface area contributed by atoms with Gasteiger partial charge in [-0.1, -0.05) is 12.1 Å². The van der Waals surface area contributed by atoms with E-state index in [1.807, 2.05) is 0 Å². The van der Waals surface area contributed by atoms with Crippen LogP contribution in [-0.4, -0.2) is 36.5 Å². The molecule has 1 amide bonds. The fraction of sp³-hybridized carbons (Fsp3) is 0.500. The van der Waals surface area contributed by atoms with E-state index in [1.54, 1.807) is 17.0 Å². The van der Waals surface area contributed by atoms with Crippen molar-refractivity contribution in [3.63, 3.8) is 0 Å². The lowest BCUT2D eigenvalue weighted by atomic mass is 10.0. The highest BCUT2D eigenvalue weighted by Crippen LogP contribution is 2.19. The summed E-state index contributed by atoms with van der Waals surface area (Å²) in [6.45, 7) is 0.599. The van der Waals surface area contributed by atoms with Crippen LogP contribution in [0.25, 0.3) is 0 Å². The van der Waals surface area contributed by atoms with Gasteiger partial charge in [0.05, 0.1) is 7.11 Å². The Balaban J connectivity index is 1.94. The van der Waals surface area contributed by atoms with Gasteiger partial charge in [-0.25, -0.2) is 9.18 Å². The molecule has 1 unspecified atom stereocenters. The maximum atomic E-state index is 12.8. The zero-order chi connectivity index (χ0) is 15.2. The lowest BCUT2D eigenvalue weighted by Gasteiger charge is -2.33. The molecule has 4 nitrogen and oxygen atoms in total. The molecule has 1 saturated heterocycles. The van der Waals surface area contributed by atoms with E-state index >= 15 is 0 Å². The van der Waals surface area contributed by atoms with Crippen molar-refractivity contribution >= 4 is 11.9 Å². The van der Waals surface area contributed by atoms with E-state index in [1.165, 1.54) is 19.2 Å². The lowest BCUT2D eigenvalue weighted by molar-refractivity contribution is -0.154. The molecule has 0 N–H and O–H groups in total. The van der Waals surface area contributed by atoms with Gasteiger partial charge < -0.3 is 9.64 Å². The molecular weight excluding hydrogens is 273 g/mol. The Morgan fingerprint density at radius 1 is 1.29 bits per heavy atom. The maximum absolute atomic E-state index is 12.8. The Morgan fingerprint density at radius 2 is 2.00 bits per heavy atom. The summed E-state index contributed by atoms with van der Waals surface area (Å²) in [5.41, 5.74) is 0.913. The number of methoxy groups -OCH3 is 1. The van der Waals surface area contributed by atoms with Crippen LogP contribution in [-0.2, 0) is 20.7 Å². The topological polar surface area (TPSA) is 46.6 Å². The Bertz CT molecular complexity index is 501. The van der Waals surface area contributed by atoms with Crippen molar-refractivity contribution in [2.24, 2.45) is 0 Å². The maximum Gasteiger partial charge on any atom is 0.328 e. The van der Waals surface area contributed by atoms with Crippen LogP contribution in [0, 0.1) is 5.82 Å². The molecule has 114 valence electrons. The van der Waals surface area contributed by atoms with Gasteiger partial charge in [0.2, 0.25) is 5.91 Å². The molecule has 1 heterocycles. The second-order valence-electron chi connectivity index (χ2n) is 5.25. The normalized spacial score (nSPS) is 18.4. The third-order valence-electron chi connectivity index (χ3n) is 3.84. The minimum Gasteiger partial charge on any atom is -0.467 e. The number of halogens is 1. The third kappa shape index (κ3) is 4.03. The van der Waals surface area contributed by atoms with E-state index in [-0.39, 0.29) is 17.7 Å². The van der Waals surface area contributed by atoms with Gasteiger partial charge in [0.15, 0.2) is 0 Å². The van der Waals surface area contributed by atoms with Crippen molar-refractivity contribution in [3.8, 4) is 0 Å². The average molecular weight is 293 g/mol. The zero-order valence-electron chi connectivity index (χ0n) is 12.2. The number of hydrogen-bond donors (Lipinski definition) is 0. The summed E-state index contributed by atoms with van der Waals surface area (Å²) in [5, 5.41) is 0. The van der Waals surface area contributed by atoms with Crippen LogP contribution < -0.4 is 0 Å². The van der Waals surface area contributed by atoms with Gasteiger partial charge in [-0.05, 0) is 43.4 Å². The number of aryl methyl sites for hydroxylation is 1. The van der Waals surface area contributed by atoms with Crippen molar-refractivity contribution in [2.45, 2.75) is 38.1 Å². The highest BCUT2D eigenvalue weighted by molar-refractivity contribution is 5.84. The number of ether oxygens (including phenoxy) is 1. The number of carbonyl (C=O) groups is 2. The van der Waals surface area contributed by atoms with Gasteiger partial charge >= 0.3 is 5.97 Å². The summed E-state index contributed by atoms with van der Waals surface area (Å²) in [7, 11) is 1.35. The number of carbonyl (C=O) groups excluding carboxylic acids is 2. The van der Waals surface area contributed by atoms with E-state index in [4.69, 9.17) is 4.74 Å². The van der Waals surface area contributed by atoms with Crippen molar-refractivity contribution in [3.05, 3.63) is 35.6 Å². The summed E-state index contributed by atoms with van der Waals surface area (Å²) in [4.78, 5) is 25.7. The Kier molecular flexibility index (Phi) is 5.31. The van der Waals surface area contributed by atoms with Crippen molar-refractivity contribution < 1.29 is 18.7 Å². The van der Waals surface area contributed by atoms with Gasteiger partial charge in [-0.2, -0.15) is 0 Å². The summed E-state index contributed by atoms with van der Waals surface area (Å²) in [6.07, 6.45) is 3.37. The molecule has 1 aliphatic heterocycles. The molecule has 1 atom stereocenters. The number of likely N-dealkylation sites (tertiary alicyclic amines) is 1. The Labute approximate surface area is 123 Å². The molecule has 2 rings (SSSR count). The van der Waals surface area contributed by atoms with Gasteiger partial charge in [0, 0.05) is 13.0 Å². The number of rotatable bonds is 4. The fourth-order valence-electron chi connectivity index (χ4n) is 2.66. The molecule has 0 aromatic heterocycles. The van der Waals surface area contributed by atoms with Crippen LogP contribution >= 0.6 is 0 Å². The van der Waals surface area contributed by atoms with E-state index in [0.29, 0.717) is 25.8 Å². The molecule has 1 aliphatic rings. The number of amides is 1. The first-order chi connectivity index (χ1) is 10.1. The molecular formula is C16H20FNO3. The first-order valence-corrected chi connectivity index (χ1v) is 7.23. The molecule has 1 fully saturated rings. The molecule has 0 bridgehead atoms. The van der Waals surface area contributed by atoms with Crippen LogP contribution in [0.3, 0.4) is 0 Å². The molecule has 0 radical (unpaired) electrons. The highest BCUT2D eigenvalue weighted by Gasteiger charge is 2.32.